The number of nitrogens with one attached hydrogen (secondary N) is 1. The molecule has 0 unspecified atom stereocenters. The Morgan fingerprint density at radius 1 is 0.846 bits per heavy atom. The summed E-state index contributed by atoms with van der Waals surface area (Å²) < 4.78 is 0. The Kier molecular flexibility index (Phi) is 6.50. The monoisotopic (exact) mass is 361 g/mol. The van der Waals surface area contributed by atoms with Gasteiger partial charge >= 0.3 is 0 Å². The molecule has 0 spiro atoms. The number of amides is 1. The number of benzene rings is 3. The normalized spacial score (nSPS) is 10.7. The van der Waals surface area contributed by atoms with Crippen molar-refractivity contribution in [3.63, 3.8) is 0 Å². The number of rotatable bonds is 7. The molecule has 0 aliphatic rings. The van der Waals surface area contributed by atoms with Crippen LogP contribution in [0.5, 0.6) is 0 Å². The highest BCUT2D eigenvalue weighted by molar-refractivity contribution is 8.00. The number of para-hydroxylation sites is 1. The molecule has 3 heteroatoms. The predicted octanol–water partition coefficient (Wildman–Crippen LogP) is 5.71. The first-order valence-corrected chi connectivity index (χ1v) is 9.92. The summed E-state index contributed by atoms with van der Waals surface area (Å²) in [6, 6.07) is 28.7. The molecule has 0 aliphatic carbocycles. The molecule has 1 amide bonds. The largest absolute Gasteiger partial charge is 0.325 e. The molecule has 0 saturated heterocycles. The Balaban J connectivity index is 1.71. The van der Waals surface area contributed by atoms with E-state index in [-0.39, 0.29) is 11.2 Å². The fourth-order valence-corrected chi connectivity index (χ4v) is 4.03. The van der Waals surface area contributed by atoms with Crippen molar-refractivity contribution < 1.29 is 4.79 Å². The van der Waals surface area contributed by atoms with E-state index in [9.17, 15) is 4.79 Å². The maximum absolute atomic E-state index is 12.5. The first-order chi connectivity index (χ1) is 12.8. The lowest BCUT2D eigenvalue weighted by Gasteiger charge is -2.18. The summed E-state index contributed by atoms with van der Waals surface area (Å²) in [7, 11) is 0. The van der Waals surface area contributed by atoms with Gasteiger partial charge in [0.1, 0.15) is 0 Å². The number of thioether (sulfide) groups is 1. The fourth-order valence-electron chi connectivity index (χ4n) is 2.94. The molecular formula is C23H23NOS. The average Bonchev–Trinajstić information content (AvgIpc) is 2.70. The smallest absolute Gasteiger partial charge is 0.234 e. The van der Waals surface area contributed by atoms with Gasteiger partial charge in [-0.05, 0) is 29.2 Å². The van der Waals surface area contributed by atoms with Crippen molar-refractivity contribution in [2.75, 3.05) is 11.1 Å². The van der Waals surface area contributed by atoms with Crippen LogP contribution in [0, 0.1) is 0 Å². The molecule has 0 radical (unpaired) electrons. The summed E-state index contributed by atoms with van der Waals surface area (Å²) in [6.45, 7) is 2.10. The number of carbonyl (C=O) groups is 1. The zero-order chi connectivity index (χ0) is 18.2. The van der Waals surface area contributed by atoms with Gasteiger partial charge in [0.2, 0.25) is 5.91 Å². The van der Waals surface area contributed by atoms with Crippen LogP contribution in [0.4, 0.5) is 5.69 Å². The summed E-state index contributed by atoms with van der Waals surface area (Å²) in [5.41, 5.74) is 4.50. The van der Waals surface area contributed by atoms with Crippen LogP contribution in [-0.4, -0.2) is 11.7 Å². The highest BCUT2D eigenvalue weighted by Crippen LogP contribution is 2.35. The molecule has 0 saturated carbocycles. The minimum atomic E-state index is 0.0350. The van der Waals surface area contributed by atoms with Crippen molar-refractivity contribution in [3.05, 3.63) is 102 Å². The Labute approximate surface area is 159 Å². The van der Waals surface area contributed by atoms with E-state index in [1.807, 2.05) is 54.6 Å². The van der Waals surface area contributed by atoms with Crippen molar-refractivity contribution in [3.8, 4) is 0 Å². The Morgan fingerprint density at radius 3 is 1.96 bits per heavy atom. The molecule has 3 rings (SSSR count). The van der Waals surface area contributed by atoms with Gasteiger partial charge in [0, 0.05) is 5.69 Å². The highest BCUT2D eigenvalue weighted by Gasteiger charge is 2.16. The van der Waals surface area contributed by atoms with E-state index in [0.717, 1.165) is 17.7 Å². The van der Waals surface area contributed by atoms with Gasteiger partial charge in [-0.1, -0.05) is 85.8 Å². The molecule has 3 aromatic carbocycles. The van der Waals surface area contributed by atoms with Crippen LogP contribution in [0.2, 0.25) is 0 Å². The Morgan fingerprint density at radius 2 is 1.38 bits per heavy atom. The molecule has 3 aromatic rings. The number of hydrogen-bond donors (Lipinski definition) is 1. The predicted molar refractivity (Wildman–Crippen MR) is 112 cm³/mol. The van der Waals surface area contributed by atoms with E-state index in [1.165, 1.54) is 11.1 Å². The second-order valence-electron chi connectivity index (χ2n) is 6.07. The Bertz CT molecular complexity index is 794. The van der Waals surface area contributed by atoms with E-state index in [2.05, 4.69) is 42.6 Å². The van der Waals surface area contributed by atoms with E-state index in [4.69, 9.17) is 0 Å². The topological polar surface area (TPSA) is 29.1 Å². The van der Waals surface area contributed by atoms with Crippen LogP contribution >= 0.6 is 11.8 Å². The second-order valence-corrected chi connectivity index (χ2v) is 7.16. The lowest BCUT2D eigenvalue weighted by atomic mass is 10.0. The molecule has 0 bridgehead atoms. The lowest BCUT2D eigenvalue weighted by Crippen LogP contribution is -2.16. The number of anilines is 1. The second kappa shape index (κ2) is 9.25. The first-order valence-electron chi connectivity index (χ1n) is 8.87. The molecular weight excluding hydrogens is 338 g/mol. The van der Waals surface area contributed by atoms with Gasteiger partial charge in [-0.25, -0.2) is 0 Å². The first kappa shape index (κ1) is 18.3. The van der Waals surface area contributed by atoms with Crippen molar-refractivity contribution in [2.45, 2.75) is 18.6 Å². The van der Waals surface area contributed by atoms with Crippen LogP contribution in [0.15, 0.2) is 84.9 Å². The van der Waals surface area contributed by atoms with Gasteiger partial charge < -0.3 is 5.32 Å². The molecule has 1 N–H and O–H groups in total. The van der Waals surface area contributed by atoms with E-state index in [1.54, 1.807) is 11.8 Å². The van der Waals surface area contributed by atoms with Crippen molar-refractivity contribution in [1.29, 1.82) is 0 Å². The number of aryl methyl sites for hydroxylation is 1. The molecule has 0 fully saturated rings. The van der Waals surface area contributed by atoms with Crippen molar-refractivity contribution in [1.82, 2.24) is 0 Å². The summed E-state index contributed by atoms with van der Waals surface area (Å²) in [5, 5.41) is 3.20. The SMILES string of the molecule is CCc1ccccc1NC(=O)CSC(c1ccccc1)c1ccccc1. The quantitative estimate of drug-likeness (QED) is 0.584. The van der Waals surface area contributed by atoms with Gasteiger partial charge in [-0.2, -0.15) is 0 Å². The minimum absolute atomic E-state index is 0.0350. The van der Waals surface area contributed by atoms with Gasteiger partial charge in [-0.15, -0.1) is 11.8 Å². The van der Waals surface area contributed by atoms with Gasteiger partial charge in [-0.3, -0.25) is 4.79 Å². The van der Waals surface area contributed by atoms with Crippen molar-refractivity contribution >= 4 is 23.4 Å². The van der Waals surface area contributed by atoms with Gasteiger partial charge in [0.25, 0.3) is 0 Å². The number of carbonyl (C=O) groups excluding carboxylic acids is 1. The molecule has 132 valence electrons. The molecule has 0 atom stereocenters. The Hall–Kier alpha value is -2.52. The van der Waals surface area contributed by atoms with Crippen LogP contribution < -0.4 is 5.32 Å². The third kappa shape index (κ3) is 4.77. The van der Waals surface area contributed by atoms with Crippen molar-refractivity contribution in [2.24, 2.45) is 0 Å². The van der Waals surface area contributed by atoms with E-state index < -0.39 is 0 Å². The average molecular weight is 362 g/mol. The van der Waals surface area contributed by atoms with Gasteiger partial charge in [0.15, 0.2) is 0 Å². The fraction of sp³-hybridized carbons (Fsp3) is 0.174. The van der Waals surface area contributed by atoms with Crippen LogP contribution in [-0.2, 0) is 11.2 Å². The minimum Gasteiger partial charge on any atom is -0.325 e. The van der Waals surface area contributed by atoms with Gasteiger partial charge in [0.05, 0.1) is 11.0 Å². The molecule has 2 nitrogen and oxygen atoms in total. The zero-order valence-corrected chi connectivity index (χ0v) is 15.7. The lowest BCUT2D eigenvalue weighted by molar-refractivity contribution is -0.113. The summed E-state index contributed by atoms with van der Waals surface area (Å²) >= 11 is 1.66. The van der Waals surface area contributed by atoms with Crippen LogP contribution in [0.25, 0.3) is 0 Å². The van der Waals surface area contributed by atoms with Crippen LogP contribution in [0.3, 0.4) is 0 Å². The molecule has 0 aromatic heterocycles. The van der Waals surface area contributed by atoms with E-state index >= 15 is 0 Å². The summed E-state index contributed by atoms with van der Waals surface area (Å²) in [6.07, 6.45) is 0.903. The highest BCUT2D eigenvalue weighted by atomic mass is 32.2. The maximum atomic E-state index is 12.5. The molecule has 0 heterocycles. The molecule has 26 heavy (non-hydrogen) atoms. The van der Waals surface area contributed by atoms with Crippen LogP contribution in [0.1, 0.15) is 28.9 Å². The summed E-state index contributed by atoms with van der Waals surface area (Å²) in [4.78, 5) is 12.5. The summed E-state index contributed by atoms with van der Waals surface area (Å²) in [5.74, 6) is 0.444. The van der Waals surface area contributed by atoms with E-state index in [0.29, 0.717) is 5.75 Å². The third-order valence-corrected chi connectivity index (χ3v) is 5.56. The molecule has 0 aliphatic heterocycles. The maximum Gasteiger partial charge on any atom is 0.234 e. The zero-order valence-electron chi connectivity index (χ0n) is 14.9. The third-order valence-electron chi connectivity index (χ3n) is 4.26. The standard InChI is InChI=1S/C23H23NOS/c1-2-18-11-9-10-16-21(18)24-22(25)17-26-23(19-12-5-3-6-13-19)20-14-7-4-8-15-20/h3-16,23H,2,17H2,1H3,(H,24,25). The number of hydrogen-bond acceptors (Lipinski definition) is 2.